The van der Waals surface area contributed by atoms with Crippen molar-refractivity contribution in [1.82, 2.24) is 9.66 Å². The zero-order chi connectivity index (χ0) is 15.4. The fourth-order valence-electron chi connectivity index (χ4n) is 1.72. The van der Waals surface area contributed by atoms with Crippen LogP contribution in [-0.2, 0) is 0 Å². The number of aromatic nitrogens is 2. The van der Waals surface area contributed by atoms with E-state index >= 15 is 0 Å². The molecule has 0 radical (unpaired) electrons. The zero-order valence-corrected chi connectivity index (χ0v) is 11.9. The summed E-state index contributed by atoms with van der Waals surface area (Å²) in [6.45, 7) is 1.78. The van der Waals surface area contributed by atoms with Crippen molar-refractivity contribution in [1.29, 1.82) is 10.5 Å². The molecule has 0 saturated carbocycles. The van der Waals surface area contributed by atoms with Crippen molar-refractivity contribution in [3.05, 3.63) is 51.9 Å². The molecule has 0 amide bonds. The molecule has 2 N–H and O–H groups in total. The predicted octanol–water partition coefficient (Wildman–Crippen LogP) is 2.21. The first-order valence-electron chi connectivity index (χ1n) is 5.92. The first-order chi connectivity index (χ1) is 10.1. The second-order valence-electron chi connectivity index (χ2n) is 4.09. The lowest BCUT2D eigenvalue weighted by Crippen LogP contribution is -2.11. The largest absolute Gasteiger partial charge is 0.382 e. The highest BCUT2D eigenvalue weighted by atomic mass is 32.1. The van der Waals surface area contributed by atoms with E-state index < -0.39 is 0 Å². The molecule has 1 heterocycles. The average Bonchev–Trinajstić information content (AvgIpc) is 2.50. The summed E-state index contributed by atoms with van der Waals surface area (Å²) in [6, 6.07) is 13.2. The number of nitriles is 2. The molecule has 0 aliphatic heterocycles. The molecule has 2 rings (SSSR count). The van der Waals surface area contributed by atoms with Crippen molar-refractivity contribution in [2.45, 2.75) is 6.92 Å². The number of hydrogen-bond donors (Lipinski definition) is 1. The van der Waals surface area contributed by atoms with Gasteiger partial charge >= 0.3 is 0 Å². The van der Waals surface area contributed by atoms with E-state index in [1.54, 1.807) is 6.92 Å². The zero-order valence-electron chi connectivity index (χ0n) is 11.1. The van der Waals surface area contributed by atoms with E-state index in [0.29, 0.717) is 5.71 Å². The molecular weight excluding hydrogens is 284 g/mol. The number of hydrogen-bond acceptors (Lipinski definition) is 6. The molecule has 6 nitrogen and oxygen atoms in total. The van der Waals surface area contributed by atoms with E-state index in [9.17, 15) is 5.26 Å². The topological polar surface area (TPSA) is 104 Å². The van der Waals surface area contributed by atoms with Crippen molar-refractivity contribution in [3.8, 4) is 12.1 Å². The van der Waals surface area contributed by atoms with Gasteiger partial charge in [-0.1, -0.05) is 30.3 Å². The minimum Gasteiger partial charge on any atom is -0.382 e. The molecular formula is C14H10N6S. The highest BCUT2D eigenvalue weighted by Crippen LogP contribution is 2.14. The van der Waals surface area contributed by atoms with E-state index in [2.05, 4.69) is 10.1 Å². The molecule has 0 atom stereocenters. The Balaban J connectivity index is 2.69. The van der Waals surface area contributed by atoms with Crippen molar-refractivity contribution < 1.29 is 0 Å². The summed E-state index contributed by atoms with van der Waals surface area (Å²) in [5.41, 5.74) is 7.06. The second-order valence-corrected chi connectivity index (χ2v) is 4.46. The number of rotatable bonds is 2. The van der Waals surface area contributed by atoms with Crippen LogP contribution in [0.5, 0.6) is 0 Å². The van der Waals surface area contributed by atoms with Crippen LogP contribution in [0, 0.1) is 27.4 Å². The normalized spacial score (nSPS) is 10.7. The monoisotopic (exact) mass is 294 g/mol. The van der Waals surface area contributed by atoms with Crippen LogP contribution in [0.3, 0.4) is 0 Å². The van der Waals surface area contributed by atoms with Crippen LogP contribution < -0.4 is 5.73 Å². The molecule has 0 fully saturated rings. The minimum atomic E-state index is -0.0668. The summed E-state index contributed by atoms with van der Waals surface area (Å²) in [4.78, 5) is 3.87. The number of nitrogens with zero attached hydrogens (tertiary/aromatic N) is 5. The summed E-state index contributed by atoms with van der Waals surface area (Å²) in [6.07, 6.45) is 0. The Morgan fingerprint density at radius 1 is 1.29 bits per heavy atom. The number of benzene rings is 1. The molecule has 21 heavy (non-hydrogen) atoms. The fraction of sp³-hybridized carbons (Fsp3) is 0.0714. The van der Waals surface area contributed by atoms with Gasteiger partial charge in [0.15, 0.2) is 5.69 Å². The predicted molar refractivity (Wildman–Crippen MR) is 81.0 cm³/mol. The SMILES string of the molecule is C/C(=N/n1c(C#N)c(C#N)c(N)nc1=S)c1ccccc1. The van der Waals surface area contributed by atoms with Gasteiger partial charge in [0.05, 0.1) is 5.71 Å². The second kappa shape index (κ2) is 5.95. The van der Waals surface area contributed by atoms with Crippen LogP contribution in [0.4, 0.5) is 5.82 Å². The quantitative estimate of drug-likeness (QED) is 0.675. The van der Waals surface area contributed by atoms with Gasteiger partial charge in [0.25, 0.3) is 0 Å². The van der Waals surface area contributed by atoms with Crippen LogP contribution in [0.15, 0.2) is 35.4 Å². The van der Waals surface area contributed by atoms with Gasteiger partial charge in [-0.05, 0) is 24.7 Å². The van der Waals surface area contributed by atoms with E-state index in [1.807, 2.05) is 42.5 Å². The summed E-state index contributed by atoms with van der Waals surface area (Å²) >= 11 is 5.07. The van der Waals surface area contributed by atoms with E-state index in [-0.39, 0.29) is 21.8 Å². The third-order valence-corrected chi connectivity index (χ3v) is 3.03. The van der Waals surface area contributed by atoms with Gasteiger partial charge in [0.2, 0.25) is 4.77 Å². The minimum absolute atomic E-state index is 0.0229. The molecule has 0 aliphatic rings. The Labute approximate surface area is 126 Å². The van der Waals surface area contributed by atoms with Crippen molar-refractivity contribution >= 4 is 23.7 Å². The standard InChI is InChI=1S/C14H10N6S/c1-9(10-5-3-2-4-6-10)19-20-12(8-16)11(7-15)13(17)18-14(20)21/h2-6H,1H3,(H2,17,18,21)/b19-9-. The Bertz CT molecular complexity index is 852. The number of nitrogens with two attached hydrogens (primary N) is 1. The maximum Gasteiger partial charge on any atom is 0.223 e. The van der Waals surface area contributed by atoms with E-state index in [4.69, 9.17) is 23.2 Å². The highest BCUT2D eigenvalue weighted by Gasteiger charge is 2.13. The van der Waals surface area contributed by atoms with Gasteiger partial charge in [0.1, 0.15) is 23.5 Å². The molecule has 0 aliphatic carbocycles. The van der Waals surface area contributed by atoms with Crippen LogP contribution in [0.2, 0.25) is 0 Å². The van der Waals surface area contributed by atoms with Crippen LogP contribution in [-0.4, -0.2) is 15.4 Å². The molecule has 0 unspecified atom stereocenters. The highest BCUT2D eigenvalue weighted by molar-refractivity contribution is 7.71. The maximum absolute atomic E-state index is 9.24. The smallest absolute Gasteiger partial charge is 0.223 e. The molecule has 102 valence electrons. The first-order valence-corrected chi connectivity index (χ1v) is 6.33. The fourth-order valence-corrected chi connectivity index (χ4v) is 1.95. The summed E-state index contributed by atoms with van der Waals surface area (Å²) in [5, 5.41) is 22.6. The summed E-state index contributed by atoms with van der Waals surface area (Å²) < 4.78 is 1.19. The van der Waals surface area contributed by atoms with Crippen LogP contribution >= 0.6 is 12.2 Å². The lowest BCUT2D eigenvalue weighted by atomic mass is 10.1. The molecule has 0 saturated heterocycles. The molecule has 2 aromatic rings. The lowest BCUT2D eigenvalue weighted by molar-refractivity contribution is 0.797. The van der Waals surface area contributed by atoms with Crippen molar-refractivity contribution in [2.24, 2.45) is 5.10 Å². The van der Waals surface area contributed by atoms with Gasteiger partial charge in [-0.2, -0.15) is 20.3 Å². The Morgan fingerprint density at radius 2 is 1.95 bits per heavy atom. The summed E-state index contributed by atoms with van der Waals surface area (Å²) in [5.74, 6) is -0.0668. The molecule has 7 heteroatoms. The summed E-state index contributed by atoms with van der Waals surface area (Å²) in [7, 11) is 0. The molecule has 0 spiro atoms. The maximum atomic E-state index is 9.24. The third kappa shape index (κ3) is 2.78. The third-order valence-electron chi connectivity index (χ3n) is 2.76. The van der Waals surface area contributed by atoms with Crippen molar-refractivity contribution in [3.63, 3.8) is 0 Å². The molecule has 1 aromatic carbocycles. The molecule has 1 aromatic heterocycles. The average molecular weight is 294 g/mol. The Hall–Kier alpha value is -3.03. The first kappa shape index (κ1) is 14.4. The van der Waals surface area contributed by atoms with Crippen molar-refractivity contribution in [2.75, 3.05) is 5.73 Å². The van der Waals surface area contributed by atoms with E-state index in [1.165, 1.54) is 0 Å². The Morgan fingerprint density at radius 3 is 2.52 bits per heavy atom. The van der Waals surface area contributed by atoms with Gasteiger partial charge in [-0.15, -0.1) is 0 Å². The van der Waals surface area contributed by atoms with Crippen LogP contribution in [0.1, 0.15) is 23.7 Å². The number of nitrogen functional groups attached to an aromatic ring is 1. The van der Waals surface area contributed by atoms with Gasteiger partial charge in [-0.25, -0.2) is 4.98 Å². The lowest BCUT2D eigenvalue weighted by Gasteiger charge is -2.08. The molecule has 0 bridgehead atoms. The van der Waals surface area contributed by atoms with Gasteiger partial charge < -0.3 is 5.73 Å². The van der Waals surface area contributed by atoms with Gasteiger partial charge in [0, 0.05) is 0 Å². The Kier molecular flexibility index (Phi) is 4.07. The van der Waals surface area contributed by atoms with Gasteiger partial charge in [-0.3, -0.25) is 0 Å². The van der Waals surface area contributed by atoms with Crippen LogP contribution in [0.25, 0.3) is 0 Å². The van der Waals surface area contributed by atoms with E-state index in [0.717, 1.165) is 10.2 Å². The number of anilines is 1.